The van der Waals surface area contributed by atoms with Crippen molar-refractivity contribution in [1.82, 2.24) is 4.90 Å². The molecule has 1 saturated carbocycles. The van der Waals surface area contributed by atoms with E-state index in [0.29, 0.717) is 12.5 Å². The van der Waals surface area contributed by atoms with Crippen molar-refractivity contribution in [2.75, 3.05) is 7.05 Å². The second kappa shape index (κ2) is 6.03. The van der Waals surface area contributed by atoms with Gasteiger partial charge >= 0.3 is 0 Å². The molecule has 0 amide bonds. The lowest BCUT2D eigenvalue weighted by atomic mass is 10.1. The maximum atomic E-state index is 8.66. The van der Waals surface area contributed by atoms with Crippen LogP contribution >= 0.6 is 0 Å². The van der Waals surface area contributed by atoms with E-state index in [0.717, 1.165) is 6.04 Å². The molecule has 1 atom stereocenters. The van der Waals surface area contributed by atoms with E-state index >= 15 is 0 Å². The minimum Gasteiger partial charge on any atom is -0.300 e. The third-order valence-electron chi connectivity index (χ3n) is 3.48. The Bertz CT molecular complexity index is 187. The second-order valence-corrected chi connectivity index (χ2v) is 4.52. The van der Waals surface area contributed by atoms with Gasteiger partial charge in [-0.05, 0) is 26.8 Å². The summed E-state index contributed by atoms with van der Waals surface area (Å²) >= 11 is 0. The summed E-state index contributed by atoms with van der Waals surface area (Å²) in [6, 6.07) is 3.40. The molecule has 0 radical (unpaired) electrons. The van der Waals surface area contributed by atoms with Gasteiger partial charge in [0.05, 0.1) is 12.5 Å². The molecular weight excluding hydrogens is 172 g/mol. The highest BCUT2D eigenvalue weighted by molar-refractivity contribution is 4.82. The van der Waals surface area contributed by atoms with E-state index in [1.54, 1.807) is 0 Å². The summed E-state index contributed by atoms with van der Waals surface area (Å²) < 4.78 is 0. The monoisotopic (exact) mass is 194 g/mol. The number of rotatable bonds is 3. The van der Waals surface area contributed by atoms with Crippen molar-refractivity contribution in [3.8, 4) is 6.07 Å². The highest BCUT2D eigenvalue weighted by Gasteiger charge is 2.20. The Kier molecular flexibility index (Phi) is 4.97. The fourth-order valence-corrected chi connectivity index (χ4v) is 2.30. The van der Waals surface area contributed by atoms with Crippen LogP contribution in [0.25, 0.3) is 0 Å². The molecule has 14 heavy (non-hydrogen) atoms. The van der Waals surface area contributed by atoms with Gasteiger partial charge in [-0.1, -0.05) is 25.7 Å². The molecule has 0 aromatic heterocycles. The SMILES string of the molecule is CC(CC#N)N(C)C1CCCCCC1. The Labute approximate surface area is 87.9 Å². The fraction of sp³-hybridized carbons (Fsp3) is 0.917. The first kappa shape index (κ1) is 11.5. The molecule has 2 heteroatoms. The maximum Gasteiger partial charge on any atom is 0.0638 e. The minimum absolute atomic E-state index is 0.420. The van der Waals surface area contributed by atoms with Crippen LogP contribution < -0.4 is 0 Å². The van der Waals surface area contributed by atoms with Gasteiger partial charge in [0.2, 0.25) is 0 Å². The lowest BCUT2D eigenvalue weighted by molar-refractivity contribution is 0.169. The molecule has 0 heterocycles. The van der Waals surface area contributed by atoms with E-state index in [9.17, 15) is 0 Å². The van der Waals surface area contributed by atoms with Gasteiger partial charge in [-0.15, -0.1) is 0 Å². The molecule has 0 aromatic rings. The van der Waals surface area contributed by atoms with Gasteiger partial charge in [0.1, 0.15) is 0 Å². The molecule has 1 fully saturated rings. The van der Waals surface area contributed by atoms with Gasteiger partial charge in [0.25, 0.3) is 0 Å². The molecule has 1 rings (SSSR count). The molecule has 80 valence electrons. The summed E-state index contributed by atoms with van der Waals surface area (Å²) in [4.78, 5) is 2.41. The molecule has 1 aliphatic carbocycles. The first-order valence-corrected chi connectivity index (χ1v) is 5.84. The van der Waals surface area contributed by atoms with Crippen LogP contribution in [0.3, 0.4) is 0 Å². The van der Waals surface area contributed by atoms with Crippen molar-refractivity contribution < 1.29 is 0 Å². The van der Waals surface area contributed by atoms with Gasteiger partial charge in [0, 0.05) is 12.1 Å². The van der Waals surface area contributed by atoms with Crippen LogP contribution in [-0.4, -0.2) is 24.0 Å². The van der Waals surface area contributed by atoms with Crippen LogP contribution in [0.15, 0.2) is 0 Å². The Morgan fingerprint density at radius 1 is 1.29 bits per heavy atom. The number of hydrogen-bond donors (Lipinski definition) is 0. The molecule has 0 aliphatic heterocycles. The van der Waals surface area contributed by atoms with E-state index in [1.807, 2.05) is 0 Å². The van der Waals surface area contributed by atoms with Gasteiger partial charge < -0.3 is 0 Å². The van der Waals surface area contributed by atoms with Gasteiger partial charge in [0.15, 0.2) is 0 Å². The minimum atomic E-state index is 0.420. The van der Waals surface area contributed by atoms with E-state index < -0.39 is 0 Å². The van der Waals surface area contributed by atoms with E-state index in [-0.39, 0.29) is 0 Å². The molecule has 0 saturated heterocycles. The number of nitrogens with zero attached hydrogens (tertiary/aromatic N) is 2. The fourth-order valence-electron chi connectivity index (χ4n) is 2.30. The zero-order valence-electron chi connectivity index (χ0n) is 9.50. The molecule has 0 N–H and O–H groups in total. The summed E-state index contributed by atoms with van der Waals surface area (Å²) in [6.07, 6.45) is 8.85. The van der Waals surface area contributed by atoms with Crippen molar-refractivity contribution in [1.29, 1.82) is 5.26 Å². The maximum absolute atomic E-state index is 8.66. The molecule has 0 aromatic carbocycles. The van der Waals surface area contributed by atoms with Crippen LogP contribution in [0.1, 0.15) is 51.9 Å². The van der Waals surface area contributed by atoms with E-state index in [4.69, 9.17) is 5.26 Å². The first-order valence-electron chi connectivity index (χ1n) is 5.84. The zero-order valence-corrected chi connectivity index (χ0v) is 9.50. The van der Waals surface area contributed by atoms with Gasteiger partial charge in [-0.25, -0.2) is 0 Å². The van der Waals surface area contributed by atoms with Crippen molar-refractivity contribution in [3.63, 3.8) is 0 Å². The molecule has 0 spiro atoms. The average Bonchev–Trinajstić information content (AvgIpc) is 2.45. The first-order chi connectivity index (χ1) is 6.75. The van der Waals surface area contributed by atoms with E-state index in [2.05, 4.69) is 24.9 Å². The Morgan fingerprint density at radius 3 is 2.36 bits per heavy atom. The summed E-state index contributed by atoms with van der Waals surface area (Å²) in [7, 11) is 2.18. The quantitative estimate of drug-likeness (QED) is 0.646. The Hall–Kier alpha value is -0.550. The Balaban J connectivity index is 2.41. The molecule has 1 aliphatic rings. The predicted octanol–water partition coefficient (Wildman–Crippen LogP) is 2.94. The lowest BCUT2D eigenvalue weighted by Gasteiger charge is -2.31. The third-order valence-corrected chi connectivity index (χ3v) is 3.48. The summed E-state index contributed by atoms with van der Waals surface area (Å²) in [5.41, 5.74) is 0. The van der Waals surface area contributed by atoms with Crippen LogP contribution in [0.4, 0.5) is 0 Å². The van der Waals surface area contributed by atoms with Crippen LogP contribution in [0.2, 0.25) is 0 Å². The zero-order chi connectivity index (χ0) is 10.4. The summed E-state index contributed by atoms with van der Waals surface area (Å²) in [5, 5.41) is 8.66. The molecule has 1 unspecified atom stereocenters. The summed E-state index contributed by atoms with van der Waals surface area (Å²) in [6.45, 7) is 2.16. The second-order valence-electron chi connectivity index (χ2n) is 4.52. The van der Waals surface area contributed by atoms with Gasteiger partial charge in [-0.3, -0.25) is 4.90 Å². The van der Waals surface area contributed by atoms with Crippen LogP contribution in [0.5, 0.6) is 0 Å². The highest BCUT2D eigenvalue weighted by atomic mass is 15.2. The topological polar surface area (TPSA) is 27.0 Å². The standard InChI is InChI=1S/C12H22N2/c1-11(9-10-13)14(2)12-7-5-3-4-6-8-12/h11-12H,3-9H2,1-2H3. The van der Waals surface area contributed by atoms with Crippen molar-refractivity contribution >= 4 is 0 Å². The number of nitriles is 1. The third kappa shape index (κ3) is 3.31. The van der Waals surface area contributed by atoms with Crippen molar-refractivity contribution in [2.24, 2.45) is 0 Å². The van der Waals surface area contributed by atoms with E-state index in [1.165, 1.54) is 38.5 Å². The largest absolute Gasteiger partial charge is 0.300 e. The van der Waals surface area contributed by atoms with Crippen molar-refractivity contribution in [2.45, 2.75) is 64.0 Å². The highest BCUT2D eigenvalue weighted by Crippen LogP contribution is 2.22. The smallest absolute Gasteiger partial charge is 0.0638 e. The van der Waals surface area contributed by atoms with Crippen LogP contribution in [0, 0.1) is 11.3 Å². The molecule has 0 bridgehead atoms. The normalized spacial score (nSPS) is 21.6. The summed E-state index contributed by atoms with van der Waals surface area (Å²) in [5.74, 6) is 0. The lowest BCUT2D eigenvalue weighted by Crippen LogP contribution is -2.38. The van der Waals surface area contributed by atoms with Crippen molar-refractivity contribution in [3.05, 3.63) is 0 Å². The molecule has 2 nitrogen and oxygen atoms in total. The molecular formula is C12H22N2. The number of hydrogen-bond acceptors (Lipinski definition) is 2. The Morgan fingerprint density at radius 2 is 1.86 bits per heavy atom. The average molecular weight is 194 g/mol. The van der Waals surface area contributed by atoms with Gasteiger partial charge in [-0.2, -0.15) is 5.26 Å². The van der Waals surface area contributed by atoms with Crippen LogP contribution in [-0.2, 0) is 0 Å². The predicted molar refractivity (Wildman–Crippen MR) is 58.9 cm³/mol.